The zero-order chi connectivity index (χ0) is 13.1. The van der Waals surface area contributed by atoms with E-state index in [-0.39, 0.29) is 5.91 Å². The number of carbonyl (C=O) groups is 1. The third-order valence-electron chi connectivity index (χ3n) is 3.45. The molecule has 0 aromatic carbocycles. The van der Waals surface area contributed by atoms with Crippen LogP contribution in [0.5, 0.6) is 0 Å². The standard InChI is InChI=1S/C13H27N3O/c1-5-15(6-2)11-7-8-16(10-11)12(17)9-13(3,4)14/h11H,5-10,14H2,1-4H3. The number of amides is 1. The van der Waals surface area contributed by atoms with Gasteiger partial charge in [-0.15, -0.1) is 0 Å². The molecule has 0 bridgehead atoms. The summed E-state index contributed by atoms with van der Waals surface area (Å²) in [6.45, 7) is 12.0. The van der Waals surface area contributed by atoms with E-state index >= 15 is 0 Å². The highest BCUT2D eigenvalue weighted by Gasteiger charge is 2.30. The van der Waals surface area contributed by atoms with Crippen LogP contribution in [-0.2, 0) is 4.79 Å². The van der Waals surface area contributed by atoms with E-state index in [1.807, 2.05) is 18.7 Å². The van der Waals surface area contributed by atoms with Crippen LogP contribution in [0.4, 0.5) is 0 Å². The molecule has 4 nitrogen and oxygen atoms in total. The maximum absolute atomic E-state index is 12.0. The largest absolute Gasteiger partial charge is 0.341 e. The van der Waals surface area contributed by atoms with Crippen molar-refractivity contribution >= 4 is 5.91 Å². The molecule has 2 N–H and O–H groups in total. The maximum Gasteiger partial charge on any atom is 0.224 e. The van der Waals surface area contributed by atoms with Gasteiger partial charge in [0.05, 0.1) is 0 Å². The van der Waals surface area contributed by atoms with Crippen LogP contribution in [0.2, 0.25) is 0 Å². The number of carbonyl (C=O) groups excluding carboxylic acids is 1. The Labute approximate surface area is 105 Å². The molecule has 1 rings (SSSR count). The summed E-state index contributed by atoms with van der Waals surface area (Å²) in [6.07, 6.45) is 1.54. The topological polar surface area (TPSA) is 49.6 Å². The lowest BCUT2D eigenvalue weighted by atomic mass is 10.0. The van der Waals surface area contributed by atoms with Crippen LogP contribution in [0.1, 0.15) is 40.5 Å². The number of likely N-dealkylation sites (N-methyl/N-ethyl adjacent to an activating group) is 1. The van der Waals surface area contributed by atoms with Crippen LogP contribution in [-0.4, -0.2) is 53.5 Å². The van der Waals surface area contributed by atoms with Crippen LogP contribution < -0.4 is 5.73 Å². The zero-order valence-electron chi connectivity index (χ0n) is 11.7. The van der Waals surface area contributed by atoms with E-state index in [1.165, 1.54) is 0 Å². The van der Waals surface area contributed by atoms with E-state index in [0.717, 1.165) is 32.6 Å². The Kier molecular flexibility index (Phi) is 4.95. The van der Waals surface area contributed by atoms with Gasteiger partial charge in [-0.05, 0) is 33.4 Å². The summed E-state index contributed by atoms with van der Waals surface area (Å²) in [5, 5.41) is 0. The average Bonchev–Trinajstić information content (AvgIpc) is 2.66. The third-order valence-corrected chi connectivity index (χ3v) is 3.45. The van der Waals surface area contributed by atoms with Gasteiger partial charge in [0.1, 0.15) is 0 Å². The SMILES string of the molecule is CCN(CC)C1CCN(C(=O)CC(C)(C)N)C1. The first kappa shape index (κ1) is 14.5. The van der Waals surface area contributed by atoms with E-state index in [0.29, 0.717) is 12.5 Å². The van der Waals surface area contributed by atoms with Crippen molar-refractivity contribution in [3.63, 3.8) is 0 Å². The van der Waals surface area contributed by atoms with E-state index in [4.69, 9.17) is 5.73 Å². The summed E-state index contributed by atoms with van der Waals surface area (Å²) in [6, 6.07) is 0.537. The van der Waals surface area contributed by atoms with Gasteiger partial charge in [0, 0.05) is 31.1 Å². The Balaban J connectivity index is 2.47. The molecule has 1 atom stereocenters. The van der Waals surface area contributed by atoms with Crippen molar-refractivity contribution < 1.29 is 4.79 Å². The molecular weight excluding hydrogens is 214 g/mol. The van der Waals surface area contributed by atoms with Gasteiger partial charge in [-0.3, -0.25) is 9.69 Å². The number of hydrogen-bond donors (Lipinski definition) is 1. The summed E-state index contributed by atoms with van der Waals surface area (Å²) in [7, 11) is 0. The molecule has 100 valence electrons. The minimum absolute atomic E-state index is 0.201. The van der Waals surface area contributed by atoms with E-state index in [1.54, 1.807) is 0 Å². The van der Waals surface area contributed by atoms with Crippen molar-refractivity contribution in [1.82, 2.24) is 9.80 Å². The fourth-order valence-corrected chi connectivity index (χ4v) is 2.51. The van der Waals surface area contributed by atoms with Gasteiger partial charge in [-0.1, -0.05) is 13.8 Å². The molecule has 1 amide bonds. The van der Waals surface area contributed by atoms with Crippen molar-refractivity contribution in [3.8, 4) is 0 Å². The molecule has 0 aliphatic carbocycles. The first-order valence-corrected chi connectivity index (χ1v) is 6.68. The lowest BCUT2D eigenvalue weighted by Crippen LogP contribution is -2.42. The number of rotatable bonds is 5. The molecule has 0 spiro atoms. The molecule has 0 saturated carbocycles. The fraction of sp³-hybridized carbons (Fsp3) is 0.923. The summed E-state index contributed by atoms with van der Waals surface area (Å²) in [4.78, 5) is 16.4. The molecule has 1 fully saturated rings. The Hall–Kier alpha value is -0.610. The van der Waals surface area contributed by atoms with Crippen molar-refractivity contribution in [1.29, 1.82) is 0 Å². The molecule has 1 aliphatic heterocycles. The summed E-state index contributed by atoms with van der Waals surface area (Å²) >= 11 is 0. The van der Waals surface area contributed by atoms with Crippen LogP contribution >= 0.6 is 0 Å². The van der Waals surface area contributed by atoms with Gasteiger partial charge in [0.15, 0.2) is 0 Å². The van der Waals surface area contributed by atoms with Crippen LogP contribution in [0.3, 0.4) is 0 Å². The first-order chi connectivity index (χ1) is 7.87. The van der Waals surface area contributed by atoms with Gasteiger partial charge < -0.3 is 10.6 Å². The Morgan fingerprint density at radius 3 is 2.47 bits per heavy atom. The Morgan fingerprint density at radius 1 is 1.41 bits per heavy atom. The molecular formula is C13H27N3O. The van der Waals surface area contributed by atoms with Crippen LogP contribution in [0.15, 0.2) is 0 Å². The Bertz CT molecular complexity index is 256. The van der Waals surface area contributed by atoms with Gasteiger partial charge in [0.2, 0.25) is 5.91 Å². The van der Waals surface area contributed by atoms with E-state index < -0.39 is 5.54 Å². The predicted octanol–water partition coefficient (Wildman–Crippen LogP) is 1.06. The lowest BCUT2D eigenvalue weighted by molar-refractivity contribution is -0.131. The maximum atomic E-state index is 12.0. The Morgan fingerprint density at radius 2 is 2.00 bits per heavy atom. The zero-order valence-corrected chi connectivity index (χ0v) is 11.7. The van der Waals surface area contributed by atoms with E-state index in [2.05, 4.69) is 18.7 Å². The molecule has 4 heteroatoms. The molecule has 17 heavy (non-hydrogen) atoms. The van der Waals surface area contributed by atoms with Crippen molar-refractivity contribution in [2.45, 2.75) is 52.1 Å². The summed E-state index contributed by atoms with van der Waals surface area (Å²) < 4.78 is 0. The van der Waals surface area contributed by atoms with Crippen molar-refractivity contribution in [3.05, 3.63) is 0 Å². The normalized spacial score (nSPS) is 21.3. The molecule has 0 radical (unpaired) electrons. The number of nitrogens with zero attached hydrogens (tertiary/aromatic N) is 2. The van der Waals surface area contributed by atoms with Crippen LogP contribution in [0, 0.1) is 0 Å². The monoisotopic (exact) mass is 241 g/mol. The van der Waals surface area contributed by atoms with E-state index in [9.17, 15) is 4.79 Å². The molecule has 0 aromatic rings. The third kappa shape index (κ3) is 4.28. The lowest BCUT2D eigenvalue weighted by Gasteiger charge is -2.27. The highest BCUT2D eigenvalue weighted by molar-refractivity contribution is 5.77. The molecule has 1 heterocycles. The number of likely N-dealkylation sites (tertiary alicyclic amines) is 1. The minimum Gasteiger partial charge on any atom is -0.341 e. The van der Waals surface area contributed by atoms with Gasteiger partial charge in [0.25, 0.3) is 0 Å². The van der Waals surface area contributed by atoms with Crippen molar-refractivity contribution in [2.24, 2.45) is 5.73 Å². The average molecular weight is 241 g/mol. The number of hydrogen-bond acceptors (Lipinski definition) is 3. The summed E-state index contributed by atoms with van der Waals surface area (Å²) in [5.41, 5.74) is 5.49. The smallest absolute Gasteiger partial charge is 0.224 e. The quantitative estimate of drug-likeness (QED) is 0.783. The second kappa shape index (κ2) is 5.83. The molecule has 1 aliphatic rings. The van der Waals surface area contributed by atoms with Crippen LogP contribution in [0.25, 0.3) is 0 Å². The second-order valence-electron chi connectivity index (χ2n) is 5.67. The minimum atomic E-state index is -0.398. The first-order valence-electron chi connectivity index (χ1n) is 6.68. The molecule has 1 unspecified atom stereocenters. The highest BCUT2D eigenvalue weighted by atomic mass is 16.2. The van der Waals surface area contributed by atoms with Gasteiger partial charge in [-0.2, -0.15) is 0 Å². The number of nitrogens with two attached hydrogens (primary N) is 1. The molecule has 0 aromatic heterocycles. The second-order valence-corrected chi connectivity index (χ2v) is 5.67. The summed E-state index contributed by atoms with van der Waals surface area (Å²) in [5.74, 6) is 0.201. The highest BCUT2D eigenvalue weighted by Crippen LogP contribution is 2.18. The van der Waals surface area contributed by atoms with Gasteiger partial charge >= 0.3 is 0 Å². The predicted molar refractivity (Wildman–Crippen MR) is 70.8 cm³/mol. The molecule has 1 saturated heterocycles. The van der Waals surface area contributed by atoms with Gasteiger partial charge in [-0.25, -0.2) is 0 Å². The van der Waals surface area contributed by atoms with Crippen molar-refractivity contribution in [2.75, 3.05) is 26.2 Å². The fourth-order valence-electron chi connectivity index (χ4n) is 2.51.